The smallest absolute Gasteiger partial charge is 0.377 e. The number of hydrogen-bond donors (Lipinski definition) is 1. The van der Waals surface area contributed by atoms with Crippen LogP contribution in [0, 0.1) is 5.92 Å². The van der Waals surface area contributed by atoms with Gasteiger partial charge in [-0.1, -0.05) is 25.2 Å². The fourth-order valence-electron chi connectivity index (χ4n) is 5.34. The molecule has 2 aliphatic heterocycles. The number of fused-ring (bicyclic) bond motifs is 1. The normalized spacial score (nSPS) is 19.3. The monoisotopic (exact) mass is 667 g/mol. The number of benzene rings is 1. The minimum Gasteiger partial charge on any atom is -0.377 e. The maximum absolute atomic E-state index is 13.9. The van der Waals surface area contributed by atoms with Crippen molar-refractivity contribution in [2.45, 2.75) is 63.3 Å². The van der Waals surface area contributed by atoms with Gasteiger partial charge in [0.1, 0.15) is 6.54 Å². The van der Waals surface area contributed by atoms with Crippen LogP contribution in [0.15, 0.2) is 21.8 Å². The van der Waals surface area contributed by atoms with Crippen molar-refractivity contribution < 1.29 is 39.9 Å². The van der Waals surface area contributed by atoms with Crippen LogP contribution < -0.4 is 15.3 Å². The summed E-state index contributed by atoms with van der Waals surface area (Å²) in [5.74, 6) is -0.423. The minimum absolute atomic E-state index is 0.0138. The number of amides is 1. The van der Waals surface area contributed by atoms with E-state index in [1.807, 2.05) is 0 Å². The highest BCUT2D eigenvalue weighted by Crippen LogP contribution is 2.36. The van der Waals surface area contributed by atoms with Crippen molar-refractivity contribution in [2.24, 2.45) is 5.92 Å². The summed E-state index contributed by atoms with van der Waals surface area (Å²) >= 11 is 0.295. The third-order valence-corrected chi connectivity index (χ3v) is 9.93. The lowest BCUT2D eigenvalue weighted by molar-refractivity contribution is -0.140. The molecule has 2 fully saturated rings. The third-order valence-electron chi connectivity index (χ3n) is 7.40. The number of imidazole rings is 1. The Morgan fingerprint density at radius 3 is 2.41 bits per heavy atom. The molecular weight excluding hydrogens is 637 g/mol. The van der Waals surface area contributed by atoms with Gasteiger partial charge in [0.15, 0.2) is 5.01 Å². The summed E-state index contributed by atoms with van der Waals surface area (Å²) in [7, 11) is -4.35. The van der Waals surface area contributed by atoms with Gasteiger partial charge in [-0.2, -0.15) is 13.2 Å². The predicted octanol–water partition coefficient (Wildman–Crippen LogP) is 2.90. The Labute approximate surface area is 252 Å². The molecule has 1 amide bonds. The van der Waals surface area contributed by atoms with Crippen molar-refractivity contribution in [1.82, 2.24) is 29.0 Å². The van der Waals surface area contributed by atoms with Crippen LogP contribution in [-0.4, -0.2) is 89.2 Å². The third kappa shape index (κ3) is 6.05. The van der Waals surface area contributed by atoms with Gasteiger partial charge in [0, 0.05) is 31.6 Å². The molecule has 3 aromatic rings. The van der Waals surface area contributed by atoms with E-state index in [-0.39, 0.29) is 66.3 Å². The predicted molar refractivity (Wildman–Crippen MR) is 150 cm³/mol. The van der Waals surface area contributed by atoms with E-state index in [4.69, 9.17) is 4.74 Å². The van der Waals surface area contributed by atoms with Gasteiger partial charge in [-0.3, -0.25) is 9.36 Å². The van der Waals surface area contributed by atoms with Gasteiger partial charge in [-0.05, 0) is 26.0 Å². The van der Waals surface area contributed by atoms with E-state index in [0.29, 0.717) is 20.5 Å². The first-order valence-electron chi connectivity index (χ1n) is 13.6. The minimum atomic E-state index is -4.88. The van der Waals surface area contributed by atoms with Gasteiger partial charge in [0.25, 0.3) is 6.43 Å². The summed E-state index contributed by atoms with van der Waals surface area (Å²) in [5.41, 5.74) is -2.79. The number of halogens is 5. The molecule has 0 saturated carbocycles. The van der Waals surface area contributed by atoms with Gasteiger partial charge in [-0.15, -0.1) is 10.2 Å². The number of aromatic nitrogens is 4. The van der Waals surface area contributed by atoms with Crippen molar-refractivity contribution in [2.75, 3.05) is 37.7 Å². The average Bonchev–Trinajstić information content (AvgIpc) is 3.49. The standard InChI is InChI=1S/C25H30F5N7O5S2/c1-13(2)21(38)35-6-5-34(9-14(35)3)16-7-15(44(40,41)33-24(4)11-42-12-24)8-17-18(16)36(10-25(28,29)30)23(39)37(17)22-32-31-20(43-22)19(26)27/h7-8,13-14,19,33H,5-6,9-12H2,1-4H3/t14-/m1/s1. The molecule has 1 atom stereocenters. The average molecular weight is 668 g/mol. The Morgan fingerprint density at radius 2 is 1.89 bits per heavy atom. The first-order chi connectivity index (χ1) is 20.4. The maximum atomic E-state index is 13.9. The van der Waals surface area contributed by atoms with E-state index in [2.05, 4.69) is 14.9 Å². The number of sulfonamides is 1. The van der Waals surface area contributed by atoms with Crippen molar-refractivity contribution >= 4 is 44.0 Å². The van der Waals surface area contributed by atoms with E-state index in [0.717, 1.165) is 6.07 Å². The lowest BCUT2D eigenvalue weighted by Gasteiger charge is -2.42. The molecule has 1 aromatic carbocycles. The number of hydrogen-bond acceptors (Lipinski definition) is 9. The Balaban J connectivity index is 1.75. The zero-order valence-electron chi connectivity index (χ0n) is 24.1. The van der Waals surface area contributed by atoms with Crippen molar-refractivity contribution in [3.63, 3.8) is 0 Å². The van der Waals surface area contributed by atoms with Crippen molar-refractivity contribution in [3.05, 3.63) is 27.6 Å². The van der Waals surface area contributed by atoms with Gasteiger partial charge in [0.05, 0.1) is 40.4 Å². The first kappa shape index (κ1) is 32.2. The fourth-order valence-corrected chi connectivity index (χ4v) is 7.47. The number of anilines is 1. The van der Waals surface area contributed by atoms with Crippen LogP contribution in [0.2, 0.25) is 0 Å². The van der Waals surface area contributed by atoms with Gasteiger partial charge in [-0.25, -0.2) is 31.3 Å². The number of nitrogens with zero attached hydrogens (tertiary/aromatic N) is 6. The molecule has 0 spiro atoms. The number of piperazine rings is 1. The molecule has 1 N–H and O–H groups in total. The molecule has 2 aromatic heterocycles. The Hall–Kier alpha value is -3.16. The molecule has 44 heavy (non-hydrogen) atoms. The molecular formula is C25H30F5N7O5S2. The highest BCUT2D eigenvalue weighted by molar-refractivity contribution is 7.89. The highest BCUT2D eigenvalue weighted by Gasteiger charge is 2.40. The number of carbonyl (C=O) groups is 1. The topological polar surface area (TPSA) is 132 Å². The fraction of sp³-hybridized carbons (Fsp3) is 0.600. The largest absolute Gasteiger partial charge is 0.406 e. The number of alkyl halides is 5. The molecule has 0 radical (unpaired) electrons. The van der Waals surface area contributed by atoms with E-state index in [9.17, 15) is 40.0 Å². The second kappa shape index (κ2) is 11.3. The van der Waals surface area contributed by atoms with Crippen LogP contribution in [0.4, 0.5) is 27.6 Å². The van der Waals surface area contributed by atoms with Crippen LogP contribution >= 0.6 is 11.3 Å². The van der Waals surface area contributed by atoms with Crippen LogP contribution in [0.1, 0.15) is 39.1 Å². The van der Waals surface area contributed by atoms with E-state index in [1.54, 1.807) is 37.5 Å². The number of nitrogens with one attached hydrogen (secondary N) is 1. The second-order valence-corrected chi connectivity index (χ2v) is 14.2. The van der Waals surface area contributed by atoms with Crippen molar-refractivity contribution in [1.29, 1.82) is 0 Å². The Morgan fingerprint density at radius 1 is 1.20 bits per heavy atom. The summed E-state index contributed by atoms with van der Waals surface area (Å²) in [5, 5.41) is 5.75. The number of rotatable bonds is 8. The van der Waals surface area contributed by atoms with Crippen molar-refractivity contribution in [3.8, 4) is 5.13 Å². The first-order valence-corrected chi connectivity index (χ1v) is 15.9. The van der Waals surface area contributed by atoms with E-state index in [1.165, 1.54) is 6.07 Å². The molecule has 0 unspecified atom stereocenters. The van der Waals surface area contributed by atoms with Gasteiger partial charge < -0.3 is 14.5 Å². The SMILES string of the molecule is CC(C)C(=O)N1CCN(c2cc(S(=O)(=O)NC3(C)COC3)cc3c2n(CC(F)(F)F)c(=O)n3-c2nnc(C(F)F)s2)C[C@H]1C. The van der Waals surface area contributed by atoms with Crippen LogP contribution in [0.25, 0.3) is 16.2 Å². The summed E-state index contributed by atoms with van der Waals surface area (Å²) < 4.78 is 104. The molecule has 2 aliphatic rings. The van der Waals surface area contributed by atoms with Crippen LogP contribution in [-0.2, 0) is 26.1 Å². The molecule has 4 heterocycles. The van der Waals surface area contributed by atoms with E-state index < -0.39 is 56.6 Å². The summed E-state index contributed by atoms with van der Waals surface area (Å²) in [4.78, 5) is 29.3. The van der Waals surface area contributed by atoms with Gasteiger partial charge in [0.2, 0.25) is 21.1 Å². The maximum Gasteiger partial charge on any atom is 0.406 e. The summed E-state index contributed by atoms with van der Waals surface area (Å²) in [6.07, 6.45) is -7.94. The van der Waals surface area contributed by atoms with Gasteiger partial charge >= 0.3 is 11.9 Å². The number of carbonyl (C=O) groups excluding carboxylic acids is 1. The summed E-state index contributed by atoms with van der Waals surface area (Å²) in [6, 6.07) is 1.78. The Kier molecular flexibility index (Phi) is 8.30. The highest BCUT2D eigenvalue weighted by atomic mass is 32.2. The van der Waals surface area contributed by atoms with Crippen LogP contribution in [0.5, 0.6) is 0 Å². The molecule has 5 rings (SSSR count). The van der Waals surface area contributed by atoms with E-state index >= 15 is 0 Å². The molecule has 242 valence electrons. The zero-order chi connectivity index (χ0) is 32.4. The molecule has 0 bridgehead atoms. The lowest BCUT2D eigenvalue weighted by atomic mass is 10.0. The molecule has 19 heteroatoms. The van der Waals surface area contributed by atoms with Crippen LogP contribution in [0.3, 0.4) is 0 Å². The quantitative estimate of drug-likeness (QED) is 0.363. The molecule has 2 saturated heterocycles. The Bertz CT molecular complexity index is 1750. The molecule has 12 nitrogen and oxygen atoms in total. The number of ether oxygens (including phenoxy) is 1. The second-order valence-electron chi connectivity index (χ2n) is 11.5. The molecule has 0 aliphatic carbocycles. The lowest BCUT2D eigenvalue weighted by Crippen LogP contribution is -2.59. The zero-order valence-corrected chi connectivity index (χ0v) is 25.7. The summed E-state index contributed by atoms with van der Waals surface area (Å²) in [6.45, 7) is 5.67.